The molecular formula is C9H19NO3. The molecule has 0 aliphatic heterocycles. The minimum absolute atomic E-state index is 0.0886. The predicted molar refractivity (Wildman–Crippen MR) is 50.4 cm³/mol. The Balaban J connectivity index is 3.57. The zero-order chi connectivity index (χ0) is 10.3. The summed E-state index contributed by atoms with van der Waals surface area (Å²) in [5.41, 5.74) is 0. The Labute approximate surface area is 79.5 Å². The highest BCUT2D eigenvalue weighted by Crippen LogP contribution is 1.91. The van der Waals surface area contributed by atoms with Crippen LogP contribution in [0.5, 0.6) is 0 Å². The van der Waals surface area contributed by atoms with E-state index in [-0.39, 0.29) is 12.5 Å². The Kier molecular flexibility index (Phi) is 6.54. The lowest BCUT2D eigenvalue weighted by atomic mass is 10.4. The Hall–Kier alpha value is -0.610. The predicted octanol–water partition coefficient (Wildman–Crippen LogP) is 0.252. The van der Waals surface area contributed by atoms with E-state index in [0.29, 0.717) is 13.2 Å². The number of aliphatic hydroxyl groups is 1. The van der Waals surface area contributed by atoms with Crippen LogP contribution in [0.15, 0.2) is 0 Å². The second-order valence-corrected chi connectivity index (χ2v) is 3.18. The number of nitrogens with zero attached hydrogens (tertiary/aromatic N) is 1. The number of carbonyl (C=O) groups is 1. The van der Waals surface area contributed by atoms with Gasteiger partial charge in [-0.3, -0.25) is 4.79 Å². The highest BCUT2D eigenvalue weighted by Gasteiger charge is 2.10. The summed E-state index contributed by atoms with van der Waals surface area (Å²) in [4.78, 5) is 12.7. The zero-order valence-corrected chi connectivity index (χ0v) is 8.62. The van der Waals surface area contributed by atoms with Crippen molar-refractivity contribution in [2.45, 2.75) is 26.4 Å². The minimum Gasteiger partial charge on any atom is -0.392 e. The molecule has 0 aliphatic rings. The van der Waals surface area contributed by atoms with E-state index < -0.39 is 6.10 Å². The molecule has 4 heteroatoms. The van der Waals surface area contributed by atoms with E-state index in [1.165, 1.54) is 4.90 Å². The van der Waals surface area contributed by atoms with Crippen molar-refractivity contribution in [2.24, 2.45) is 0 Å². The molecule has 0 heterocycles. The molecule has 0 saturated carbocycles. The average Bonchev–Trinajstić information content (AvgIpc) is 2.03. The molecule has 0 bridgehead atoms. The van der Waals surface area contributed by atoms with Gasteiger partial charge in [-0.05, 0) is 13.3 Å². The van der Waals surface area contributed by atoms with Crippen molar-refractivity contribution in [3.63, 3.8) is 0 Å². The third-order valence-corrected chi connectivity index (χ3v) is 1.54. The first kappa shape index (κ1) is 12.4. The van der Waals surface area contributed by atoms with Gasteiger partial charge in [0.25, 0.3) is 0 Å². The van der Waals surface area contributed by atoms with Gasteiger partial charge in [0.1, 0.15) is 6.61 Å². The van der Waals surface area contributed by atoms with E-state index in [1.54, 1.807) is 14.0 Å². The van der Waals surface area contributed by atoms with Crippen LogP contribution in [0.2, 0.25) is 0 Å². The first-order chi connectivity index (χ1) is 6.07. The summed E-state index contributed by atoms with van der Waals surface area (Å²) < 4.78 is 5.07. The van der Waals surface area contributed by atoms with Crippen LogP contribution >= 0.6 is 0 Å². The van der Waals surface area contributed by atoms with Gasteiger partial charge in [0.15, 0.2) is 0 Å². The molecule has 1 N–H and O–H groups in total. The standard InChI is InChI=1S/C9H19NO3/c1-4-5-13-7-9(12)10(3)6-8(2)11/h8,11H,4-7H2,1-3H3. The van der Waals surface area contributed by atoms with Crippen LogP contribution in [-0.4, -0.2) is 48.8 Å². The van der Waals surface area contributed by atoms with Crippen LogP contribution in [0.1, 0.15) is 20.3 Å². The largest absolute Gasteiger partial charge is 0.392 e. The molecule has 0 aromatic carbocycles. The van der Waals surface area contributed by atoms with Gasteiger partial charge in [-0.2, -0.15) is 0 Å². The molecule has 1 unspecified atom stereocenters. The van der Waals surface area contributed by atoms with Crippen LogP contribution in [0.4, 0.5) is 0 Å². The molecule has 0 aromatic heterocycles. The number of amides is 1. The SMILES string of the molecule is CCCOCC(=O)N(C)CC(C)O. The first-order valence-electron chi connectivity index (χ1n) is 4.57. The van der Waals surface area contributed by atoms with E-state index in [9.17, 15) is 4.79 Å². The normalized spacial score (nSPS) is 12.6. The molecule has 0 spiro atoms. The number of aliphatic hydroxyl groups excluding tert-OH is 1. The Morgan fingerprint density at radius 3 is 2.69 bits per heavy atom. The summed E-state index contributed by atoms with van der Waals surface area (Å²) in [6, 6.07) is 0. The quantitative estimate of drug-likeness (QED) is 0.609. The second-order valence-electron chi connectivity index (χ2n) is 3.18. The summed E-state index contributed by atoms with van der Waals surface area (Å²) in [7, 11) is 1.66. The van der Waals surface area contributed by atoms with Gasteiger partial charge in [-0.15, -0.1) is 0 Å². The first-order valence-corrected chi connectivity index (χ1v) is 4.57. The van der Waals surface area contributed by atoms with Crippen LogP contribution in [0.25, 0.3) is 0 Å². The molecule has 0 aliphatic carbocycles. The van der Waals surface area contributed by atoms with E-state index in [1.807, 2.05) is 6.92 Å². The van der Waals surface area contributed by atoms with Crippen LogP contribution in [0, 0.1) is 0 Å². The summed E-state index contributed by atoms with van der Waals surface area (Å²) in [5.74, 6) is -0.0886. The fraction of sp³-hybridized carbons (Fsp3) is 0.889. The number of ether oxygens (including phenoxy) is 1. The monoisotopic (exact) mass is 189 g/mol. The Morgan fingerprint density at radius 1 is 1.62 bits per heavy atom. The summed E-state index contributed by atoms with van der Waals surface area (Å²) >= 11 is 0. The number of hydrogen-bond donors (Lipinski definition) is 1. The Bertz CT molecular complexity index is 148. The van der Waals surface area contributed by atoms with Gasteiger partial charge in [-0.25, -0.2) is 0 Å². The molecule has 1 amide bonds. The van der Waals surface area contributed by atoms with E-state index in [4.69, 9.17) is 9.84 Å². The van der Waals surface area contributed by atoms with Gasteiger partial charge in [0.05, 0.1) is 6.10 Å². The lowest BCUT2D eigenvalue weighted by Crippen LogP contribution is -2.35. The van der Waals surface area contributed by atoms with Crippen molar-refractivity contribution >= 4 is 5.91 Å². The van der Waals surface area contributed by atoms with Gasteiger partial charge in [0, 0.05) is 20.2 Å². The maximum Gasteiger partial charge on any atom is 0.248 e. The summed E-state index contributed by atoms with van der Waals surface area (Å²) in [5, 5.41) is 9.01. The number of likely N-dealkylation sites (N-methyl/N-ethyl adjacent to an activating group) is 1. The molecule has 0 fully saturated rings. The molecule has 0 aromatic rings. The maximum atomic E-state index is 11.2. The average molecular weight is 189 g/mol. The molecule has 0 radical (unpaired) electrons. The lowest BCUT2D eigenvalue weighted by Gasteiger charge is -2.18. The fourth-order valence-electron chi connectivity index (χ4n) is 0.912. The number of carbonyl (C=O) groups excluding carboxylic acids is 1. The molecule has 0 rings (SSSR count). The fourth-order valence-corrected chi connectivity index (χ4v) is 0.912. The smallest absolute Gasteiger partial charge is 0.248 e. The van der Waals surface area contributed by atoms with Crippen LogP contribution < -0.4 is 0 Å². The summed E-state index contributed by atoms with van der Waals surface area (Å²) in [6.45, 7) is 4.71. The number of rotatable bonds is 6. The van der Waals surface area contributed by atoms with Crippen molar-refractivity contribution in [1.82, 2.24) is 4.90 Å². The molecule has 0 saturated heterocycles. The van der Waals surface area contributed by atoms with Crippen molar-refractivity contribution in [3.05, 3.63) is 0 Å². The van der Waals surface area contributed by atoms with Gasteiger partial charge in [0.2, 0.25) is 5.91 Å². The van der Waals surface area contributed by atoms with Gasteiger partial charge >= 0.3 is 0 Å². The molecular weight excluding hydrogens is 170 g/mol. The van der Waals surface area contributed by atoms with Crippen molar-refractivity contribution < 1.29 is 14.6 Å². The maximum absolute atomic E-state index is 11.2. The second kappa shape index (κ2) is 6.86. The molecule has 1 atom stereocenters. The molecule has 4 nitrogen and oxygen atoms in total. The van der Waals surface area contributed by atoms with Crippen molar-refractivity contribution in [2.75, 3.05) is 26.8 Å². The van der Waals surface area contributed by atoms with Crippen molar-refractivity contribution in [1.29, 1.82) is 0 Å². The van der Waals surface area contributed by atoms with E-state index in [2.05, 4.69) is 0 Å². The zero-order valence-electron chi connectivity index (χ0n) is 8.62. The van der Waals surface area contributed by atoms with Gasteiger partial charge < -0.3 is 14.7 Å². The Morgan fingerprint density at radius 2 is 2.23 bits per heavy atom. The van der Waals surface area contributed by atoms with E-state index >= 15 is 0 Å². The van der Waals surface area contributed by atoms with E-state index in [0.717, 1.165) is 6.42 Å². The number of hydrogen-bond acceptors (Lipinski definition) is 3. The highest BCUT2D eigenvalue weighted by atomic mass is 16.5. The third kappa shape index (κ3) is 6.54. The van der Waals surface area contributed by atoms with Gasteiger partial charge in [-0.1, -0.05) is 6.92 Å². The highest BCUT2D eigenvalue weighted by molar-refractivity contribution is 5.77. The lowest BCUT2D eigenvalue weighted by molar-refractivity contribution is -0.135. The van der Waals surface area contributed by atoms with Crippen molar-refractivity contribution in [3.8, 4) is 0 Å². The third-order valence-electron chi connectivity index (χ3n) is 1.54. The minimum atomic E-state index is -0.486. The molecule has 13 heavy (non-hydrogen) atoms. The van der Waals surface area contributed by atoms with Crippen LogP contribution in [0.3, 0.4) is 0 Å². The van der Waals surface area contributed by atoms with Crippen LogP contribution in [-0.2, 0) is 9.53 Å². The summed E-state index contributed by atoms with van der Waals surface area (Å²) in [6.07, 6.45) is 0.424. The molecule has 78 valence electrons. The topological polar surface area (TPSA) is 49.8 Å².